The highest BCUT2D eigenvalue weighted by Gasteiger charge is 2.40. The zero-order valence-corrected chi connectivity index (χ0v) is 18.3. The molecule has 0 aliphatic carbocycles. The Bertz CT molecular complexity index is 945. The first-order valence-electron chi connectivity index (χ1n) is 10.1. The summed E-state index contributed by atoms with van der Waals surface area (Å²) in [6, 6.07) is 25.1. The molecular formula is C26H28O5. The van der Waals surface area contributed by atoms with Crippen LogP contribution in [0.4, 0.5) is 0 Å². The average Bonchev–Trinajstić information content (AvgIpc) is 2.81. The van der Waals surface area contributed by atoms with E-state index in [1.807, 2.05) is 78.9 Å². The third-order valence-electron chi connectivity index (χ3n) is 5.40. The number of benzene rings is 3. The fourth-order valence-electron chi connectivity index (χ4n) is 3.42. The lowest BCUT2D eigenvalue weighted by atomic mass is 9.79. The molecule has 0 unspecified atom stereocenters. The monoisotopic (exact) mass is 420 g/mol. The number of carboxylic acids is 1. The molecule has 5 nitrogen and oxygen atoms in total. The SMILES string of the molecule is COc1ccc(C(OCC(C)(C)C(=O)O)(c2ccccc2)c2ccc(OC)cc2)cc1. The second kappa shape index (κ2) is 9.23. The van der Waals surface area contributed by atoms with Gasteiger partial charge in [-0.05, 0) is 54.8 Å². The third kappa shape index (κ3) is 4.57. The summed E-state index contributed by atoms with van der Waals surface area (Å²) in [6.45, 7) is 3.33. The van der Waals surface area contributed by atoms with Crippen LogP contribution in [0, 0.1) is 5.41 Å². The van der Waals surface area contributed by atoms with Crippen molar-refractivity contribution in [3.05, 3.63) is 95.6 Å². The smallest absolute Gasteiger partial charge is 0.311 e. The van der Waals surface area contributed by atoms with E-state index in [0.29, 0.717) is 0 Å². The van der Waals surface area contributed by atoms with Gasteiger partial charge < -0.3 is 19.3 Å². The molecule has 0 heterocycles. The van der Waals surface area contributed by atoms with Crippen LogP contribution in [-0.2, 0) is 15.1 Å². The summed E-state index contributed by atoms with van der Waals surface area (Å²) in [6.07, 6.45) is 0. The Morgan fingerprint density at radius 3 is 1.55 bits per heavy atom. The molecule has 0 aliphatic rings. The average molecular weight is 421 g/mol. The minimum absolute atomic E-state index is 0.00921. The van der Waals surface area contributed by atoms with Gasteiger partial charge in [0.25, 0.3) is 0 Å². The van der Waals surface area contributed by atoms with E-state index in [-0.39, 0.29) is 6.61 Å². The van der Waals surface area contributed by atoms with E-state index in [9.17, 15) is 9.90 Å². The number of rotatable bonds is 9. The van der Waals surface area contributed by atoms with E-state index in [0.717, 1.165) is 28.2 Å². The van der Waals surface area contributed by atoms with Gasteiger partial charge in [0.05, 0.1) is 26.2 Å². The topological polar surface area (TPSA) is 65.0 Å². The van der Waals surface area contributed by atoms with Crippen LogP contribution in [-0.4, -0.2) is 31.9 Å². The molecular weight excluding hydrogens is 392 g/mol. The van der Waals surface area contributed by atoms with Crippen molar-refractivity contribution in [1.29, 1.82) is 0 Å². The van der Waals surface area contributed by atoms with Crippen LogP contribution in [0.25, 0.3) is 0 Å². The van der Waals surface area contributed by atoms with Crippen molar-refractivity contribution in [3.63, 3.8) is 0 Å². The van der Waals surface area contributed by atoms with Crippen LogP contribution >= 0.6 is 0 Å². The molecule has 3 rings (SSSR count). The molecule has 5 heteroatoms. The molecule has 0 radical (unpaired) electrons. The van der Waals surface area contributed by atoms with Gasteiger partial charge in [-0.3, -0.25) is 4.79 Å². The van der Waals surface area contributed by atoms with Crippen molar-refractivity contribution in [2.75, 3.05) is 20.8 Å². The van der Waals surface area contributed by atoms with E-state index >= 15 is 0 Å². The first kappa shape index (κ1) is 22.4. The summed E-state index contributed by atoms with van der Waals surface area (Å²) >= 11 is 0. The Balaban J connectivity index is 2.24. The van der Waals surface area contributed by atoms with Gasteiger partial charge in [0.2, 0.25) is 0 Å². The third-order valence-corrected chi connectivity index (χ3v) is 5.40. The van der Waals surface area contributed by atoms with Crippen molar-refractivity contribution in [2.24, 2.45) is 5.41 Å². The van der Waals surface area contributed by atoms with E-state index in [4.69, 9.17) is 14.2 Å². The molecule has 3 aromatic carbocycles. The molecule has 31 heavy (non-hydrogen) atoms. The fraction of sp³-hybridized carbons (Fsp3) is 0.269. The minimum Gasteiger partial charge on any atom is -0.497 e. The Kier molecular flexibility index (Phi) is 6.66. The van der Waals surface area contributed by atoms with Crippen molar-refractivity contribution < 1.29 is 24.1 Å². The number of hydrogen-bond acceptors (Lipinski definition) is 4. The van der Waals surface area contributed by atoms with Gasteiger partial charge in [-0.2, -0.15) is 0 Å². The van der Waals surface area contributed by atoms with Crippen LogP contribution in [0.3, 0.4) is 0 Å². The minimum atomic E-state index is -1.07. The maximum absolute atomic E-state index is 11.8. The summed E-state index contributed by atoms with van der Waals surface area (Å²) in [5.74, 6) is 0.538. The molecule has 0 atom stereocenters. The molecule has 0 saturated heterocycles. The fourth-order valence-corrected chi connectivity index (χ4v) is 3.42. The number of methoxy groups -OCH3 is 2. The molecule has 0 saturated carbocycles. The van der Waals surface area contributed by atoms with E-state index in [2.05, 4.69) is 0 Å². The lowest BCUT2D eigenvalue weighted by Gasteiger charge is -2.38. The molecule has 0 aromatic heterocycles. The highest BCUT2D eigenvalue weighted by molar-refractivity contribution is 5.73. The highest BCUT2D eigenvalue weighted by atomic mass is 16.5. The van der Waals surface area contributed by atoms with Gasteiger partial charge in [-0.15, -0.1) is 0 Å². The van der Waals surface area contributed by atoms with Crippen molar-refractivity contribution in [3.8, 4) is 11.5 Å². The van der Waals surface area contributed by atoms with Crippen LogP contribution in [0.15, 0.2) is 78.9 Å². The summed E-state index contributed by atoms with van der Waals surface area (Å²) < 4.78 is 17.3. The second-order valence-corrected chi connectivity index (χ2v) is 7.98. The first-order valence-corrected chi connectivity index (χ1v) is 10.1. The Labute approximate surface area is 183 Å². The van der Waals surface area contributed by atoms with E-state index in [1.165, 1.54) is 0 Å². The molecule has 1 N–H and O–H groups in total. The predicted octanol–water partition coefficient (Wildman–Crippen LogP) is 5.12. The molecule has 3 aromatic rings. The molecule has 0 spiro atoms. The van der Waals surface area contributed by atoms with Crippen LogP contribution in [0.1, 0.15) is 30.5 Å². The van der Waals surface area contributed by atoms with Gasteiger partial charge in [0, 0.05) is 0 Å². The number of hydrogen-bond donors (Lipinski definition) is 1. The lowest BCUT2D eigenvalue weighted by molar-refractivity contribution is -0.153. The molecule has 0 amide bonds. The maximum atomic E-state index is 11.8. The molecule has 162 valence electrons. The summed E-state index contributed by atoms with van der Waals surface area (Å²) in [5, 5.41) is 9.67. The maximum Gasteiger partial charge on any atom is 0.311 e. The second-order valence-electron chi connectivity index (χ2n) is 7.98. The predicted molar refractivity (Wildman–Crippen MR) is 120 cm³/mol. The van der Waals surface area contributed by atoms with Gasteiger partial charge >= 0.3 is 5.97 Å². The zero-order chi connectivity index (χ0) is 22.5. The summed E-state index contributed by atoms with van der Waals surface area (Å²) in [4.78, 5) is 11.8. The molecule has 0 aliphatic heterocycles. The van der Waals surface area contributed by atoms with Gasteiger partial charge in [0.1, 0.15) is 17.1 Å². The Hall–Kier alpha value is -3.31. The van der Waals surface area contributed by atoms with Crippen LogP contribution in [0.5, 0.6) is 11.5 Å². The molecule has 0 fully saturated rings. The zero-order valence-electron chi connectivity index (χ0n) is 18.3. The number of carboxylic acid groups (broad SMARTS) is 1. The quantitative estimate of drug-likeness (QED) is 0.487. The van der Waals surface area contributed by atoms with Crippen molar-refractivity contribution in [1.82, 2.24) is 0 Å². The van der Waals surface area contributed by atoms with Gasteiger partial charge in [-0.1, -0.05) is 54.6 Å². The van der Waals surface area contributed by atoms with Crippen molar-refractivity contribution in [2.45, 2.75) is 19.4 Å². The largest absolute Gasteiger partial charge is 0.497 e. The van der Waals surface area contributed by atoms with Crippen molar-refractivity contribution >= 4 is 5.97 Å². The summed E-state index contributed by atoms with van der Waals surface area (Å²) in [5.41, 5.74) is 0.536. The first-order chi connectivity index (χ1) is 14.8. The highest BCUT2D eigenvalue weighted by Crippen LogP contribution is 2.42. The standard InChI is InChI=1S/C26H28O5/c1-25(2,24(27)28)18-31-26(19-8-6-5-7-9-19,20-10-14-22(29-3)15-11-20)21-12-16-23(30-4)17-13-21/h5-17H,18H2,1-4H3,(H,27,28). The summed E-state index contributed by atoms with van der Waals surface area (Å²) in [7, 11) is 3.24. The number of ether oxygens (including phenoxy) is 3. The van der Waals surface area contributed by atoms with E-state index in [1.54, 1.807) is 28.1 Å². The van der Waals surface area contributed by atoms with Crippen LogP contribution in [0.2, 0.25) is 0 Å². The molecule has 0 bridgehead atoms. The van der Waals surface area contributed by atoms with Gasteiger partial charge in [0.15, 0.2) is 0 Å². The lowest BCUT2D eigenvalue weighted by Crippen LogP contribution is -2.39. The van der Waals surface area contributed by atoms with Crippen LogP contribution < -0.4 is 9.47 Å². The number of carbonyl (C=O) groups is 1. The Morgan fingerprint density at radius 2 is 1.16 bits per heavy atom. The van der Waals surface area contributed by atoms with E-state index < -0.39 is 17.0 Å². The Morgan fingerprint density at radius 1 is 0.742 bits per heavy atom. The number of aliphatic carboxylic acids is 1. The van der Waals surface area contributed by atoms with Gasteiger partial charge in [-0.25, -0.2) is 0 Å². The normalized spacial score (nSPS) is 11.7.